The molecule has 0 bridgehead atoms. The van der Waals surface area contributed by atoms with Gasteiger partial charge in [0.05, 0.1) is 6.54 Å². The van der Waals surface area contributed by atoms with E-state index in [-0.39, 0.29) is 6.09 Å². The Labute approximate surface area is 132 Å². The predicted octanol–water partition coefficient (Wildman–Crippen LogP) is 3.24. The minimum absolute atomic E-state index is 0.234. The van der Waals surface area contributed by atoms with Crippen molar-refractivity contribution in [3.63, 3.8) is 0 Å². The molecule has 1 aliphatic heterocycles. The van der Waals surface area contributed by atoms with Crippen LogP contribution in [-0.4, -0.2) is 36.2 Å². The summed E-state index contributed by atoms with van der Waals surface area (Å²) in [5.41, 5.74) is 0.882. The van der Waals surface area contributed by atoms with Crippen molar-refractivity contribution in [2.75, 3.05) is 19.6 Å². The maximum absolute atomic E-state index is 12.0. The summed E-state index contributed by atoms with van der Waals surface area (Å²) < 4.78 is 10.9. The van der Waals surface area contributed by atoms with Crippen molar-refractivity contribution in [3.05, 3.63) is 35.3 Å². The first-order chi connectivity index (χ1) is 10.3. The molecular formula is C17H26N2O3. The van der Waals surface area contributed by atoms with E-state index in [0.29, 0.717) is 13.1 Å². The molecule has 22 heavy (non-hydrogen) atoms. The zero-order valence-corrected chi connectivity index (χ0v) is 13.9. The number of carbonyl (C=O) groups excluding carboxylic acids is 1. The van der Waals surface area contributed by atoms with Crippen molar-refractivity contribution in [2.45, 2.75) is 46.3 Å². The Hall–Kier alpha value is -1.75. The molecule has 0 unspecified atom stereocenters. The molecule has 5 heteroatoms. The highest BCUT2D eigenvalue weighted by molar-refractivity contribution is 5.68. The second-order valence-corrected chi connectivity index (χ2v) is 6.65. The Morgan fingerprint density at radius 3 is 2.68 bits per heavy atom. The van der Waals surface area contributed by atoms with Crippen molar-refractivity contribution in [1.29, 1.82) is 0 Å². The van der Waals surface area contributed by atoms with E-state index in [1.165, 1.54) is 5.57 Å². The molecule has 0 aliphatic carbocycles. The highest BCUT2D eigenvalue weighted by atomic mass is 16.6. The second kappa shape index (κ2) is 7.01. The Kier molecular flexibility index (Phi) is 5.29. The number of furan rings is 1. The van der Waals surface area contributed by atoms with Crippen LogP contribution in [0.25, 0.3) is 0 Å². The average Bonchev–Trinajstić information content (AvgIpc) is 2.83. The quantitative estimate of drug-likeness (QED) is 0.868. The van der Waals surface area contributed by atoms with Crippen LogP contribution in [0.5, 0.6) is 0 Å². The van der Waals surface area contributed by atoms with Gasteiger partial charge in [-0.25, -0.2) is 4.79 Å². The molecule has 5 nitrogen and oxygen atoms in total. The van der Waals surface area contributed by atoms with Crippen LogP contribution >= 0.6 is 0 Å². The maximum Gasteiger partial charge on any atom is 0.410 e. The third-order valence-corrected chi connectivity index (χ3v) is 3.40. The van der Waals surface area contributed by atoms with Gasteiger partial charge in [-0.15, -0.1) is 0 Å². The fourth-order valence-electron chi connectivity index (χ4n) is 2.29. The maximum atomic E-state index is 12.0. The van der Waals surface area contributed by atoms with Crippen LogP contribution in [0.3, 0.4) is 0 Å². The first-order valence-corrected chi connectivity index (χ1v) is 7.75. The molecule has 0 atom stereocenters. The molecule has 1 aromatic rings. The number of amides is 1. The van der Waals surface area contributed by atoms with Crippen LogP contribution in [0.15, 0.2) is 28.2 Å². The largest absolute Gasteiger partial charge is 0.465 e. The molecule has 1 aromatic heterocycles. The van der Waals surface area contributed by atoms with Crippen molar-refractivity contribution in [1.82, 2.24) is 10.2 Å². The van der Waals surface area contributed by atoms with Gasteiger partial charge in [-0.05, 0) is 46.2 Å². The number of carbonyl (C=O) groups is 1. The minimum atomic E-state index is -0.441. The summed E-state index contributed by atoms with van der Waals surface area (Å²) in [7, 11) is 0. The Morgan fingerprint density at radius 2 is 2.14 bits per heavy atom. The van der Waals surface area contributed by atoms with E-state index in [2.05, 4.69) is 11.4 Å². The smallest absolute Gasteiger partial charge is 0.410 e. The van der Waals surface area contributed by atoms with Crippen molar-refractivity contribution in [2.24, 2.45) is 0 Å². The van der Waals surface area contributed by atoms with Gasteiger partial charge in [0.1, 0.15) is 17.1 Å². The lowest BCUT2D eigenvalue weighted by Gasteiger charge is -2.29. The molecule has 0 fully saturated rings. The lowest BCUT2D eigenvalue weighted by molar-refractivity contribution is 0.0265. The van der Waals surface area contributed by atoms with E-state index in [4.69, 9.17) is 9.15 Å². The van der Waals surface area contributed by atoms with Crippen LogP contribution in [0.1, 0.15) is 38.7 Å². The highest BCUT2D eigenvalue weighted by Gasteiger charge is 2.23. The van der Waals surface area contributed by atoms with E-state index < -0.39 is 5.60 Å². The number of hydrogen-bond acceptors (Lipinski definition) is 4. The first-order valence-electron chi connectivity index (χ1n) is 7.75. The molecule has 0 saturated heterocycles. The third-order valence-electron chi connectivity index (χ3n) is 3.40. The summed E-state index contributed by atoms with van der Waals surface area (Å²) in [5, 5.41) is 3.37. The first kappa shape index (κ1) is 16.6. The zero-order valence-electron chi connectivity index (χ0n) is 13.9. The van der Waals surface area contributed by atoms with Gasteiger partial charge in [-0.3, -0.25) is 0 Å². The van der Waals surface area contributed by atoms with Crippen molar-refractivity contribution in [3.8, 4) is 0 Å². The van der Waals surface area contributed by atoms with E-state index in [9.17, 15) is 4.79 Å². The zero-order chi connectivity index (χ0) is 16.2. The van der Waals surface area contributed by atoms with Gasteiger partial charge >= 0.3 is 6.09 Å². The summed E-state index contributed by atoms with van der Waals surface area (Å²) in [6, 6.07) is 3.96. The van der Waals surface area contributed by atoms with Gasteiger partial charge in [0.2, 0.25) is 0 Å². The molecule has 122 valence electrons. The lowest BCUT2D eigenvalue weighted by Crippen LogP contribution is -2.39. The van der Waals surface area contributed by atoms with Crippen molar-refractivity contribution >= 4 is 6.09 Å². The Bertz CT molecular complexity index is 540. The summed E-state index contributed by atoms with van der Waals surface area (Å²) in [6.07, 6.45) is 2.75. The second-order valence-electron chi connectivity index (χ2n) is 6.65. The molecule has 1 amide bonds. The number of aryl methyl sites for hydroxylation is 1. The molecule has 2 heterocycles. The standard InChI is InChI=1S/C17H26N2O3/c1-13-5-6-15(21-13)12-18-11-14-7-9-19(10-8-14)16(20)22-17(2,3)4/h5-7,18H,8-12H2,1-4H3. The number of rotatable bonds is 4. The fraction of sp³-hybridized carbons (Fsp3) is 0.588. The number of nitrogens with one attached hydrogen (secondary N) is 1. The van der Waals surface area contributed by atoms with E-state index >= 15 is 0 Å². The summed E-state index contributed by atoms with van der Waals surface area (Å²) in [4.78, 5) is 13.7. The monoisotopic (exact) mass is 306 g/mol. The number of hydrogen-bond donors (Lipinski definition) is 1. The van der Waals surface area contributed by atoms with Gasteiger partial charge in [-0.1, -0.05) is 11.6 Å². The molecule has 0 spiro atoms. The molecular weight excluding hydrogens is 280 g/mol. The molecule has 0 radical (unpaired) electrons. The van der Waals surface area contributed by atoms with Crippen LogP contribution in [0, 0.1) is 6.92 Å². The SMILES string of the molecule is Cc1ccc(CNCC2=CCN(C(=O)OC(C)(C)C)CC2)o1. The fourth-order valence-corrected chi connectivity index (χ4v) is 2.29. The van der Waals surface area contributed by atoms with Gasteiger partial charge in [-0.2, -0.15) is 0 Å². The van der Waals surface area contributed by atoms with Gasteiger partial charge < -0.3 is 19.4 Å². The Morgan fingerprint density at radius 1 is 1.36 bits per heavy atom. The van der Waals surface area contributed by atoms with Crippen LogP contribution in [0.4, 0.5) is 4.79 Å². The summed E-state index contributed by atoms with van der Waals surface area (Å²) in [6.45, 7) is 10.5. The molecule has 0 saturated carbocycles. The van der Waals surface area contributed by atoms with Gasteiger partial charge in [0.15, 0.2) is 0 Å². The molecule has 0 aromatic carbocycles. The topological polar surface area (TPSA) is 54.7 Å². The van der Waals surface area contributed by atoms with E-state index in [1.54, 1.807) is 4.90 Å². The van der Waals surface area contributed by atoms with Gasteiger partial charge in [0, 0.05) is 19.6 Å². The minimum Gasteiger partial charge on any atom is -0.465 e. The number of nitrogens with zero attached hydrogens (tertiary/aromatic N) is 1. The third kappa shape index (κ3) is 5.22. The molecule has 1 N–H and O–H groups in total. The highest BCUT2D eigenvalue weighted by Crippen LogP contribution is 2.15. The van der Waals surface area contributed by atoms with E-state index in [0.717, 1.165) is 31.0 Å². The number of ether oxygens (including phenoxy) is 1. The Balaban J connectivity index is 1.73. The van der Waals surface area contributed by atoms with Crippen LogP contribution in [0.2, 0.25) is 0 Å². The van der Waals surface area contributed by atoms with E-state index in [1.807, 2.05) is 39.8 Å². The van der Waals surface area contributed by atoms with Crippen molar-refractivity contribution < 1.29 is 13.9 Å². The molecule has 1 aliphatic rings. The van der Waals surface area contributed by atoms with Crippen LogP contribution < -0.4 is 5.32 Å². The van der Waals surface area contributed by atoms with Gasteiger partial charge in [0.25, 0.3) is 0 Å². The average molecular weight is 306 g/mol. The lowest BCUT2D eigenvalue weighted by atomic mass is 10.1. The summed E-state index contributed by atoms with van der Waals surface area (Å²) >= 11 is 0. The van der Waals surface area contributed by atoms with Crippen LogP contribution in [-0.2, 0) is 11.3 Å². The normalized spacial score (nSPS) is 15.6. The predicted molar refractivity (Wildman–Crippen MR) is 85.7 cm³/mol. The summed E-state index contributed by atoms with van der Waals surface area (Å²) in [5.74, 6) is 1.88. The molecule has 2 rings (SSSR count).